The Balaban J connectivity index is 2.23. The lowest BCUT2D eigenvalue weighted by atomic mass is 10.1. The van der Waals surface area contributed by atoms with Gasteiger partial charge in [0.05, 0.1) is 0 Å². The zero-order valence-corrected chi connectivity index (χ0v) is 11.1. The molecule has 0 saturated carbocycles. The van der Waals surface area contributed by atoms with Crippen molar-refractivity contribution >= 4 is 11.5 Å². The Morgan fingerprint density at radius 2 is 1.89 bits per heavy atom. The van der Waals surface area contributed by atoms with Gasteiger partial charge in [-0.05, 0) is 43.2 Å². The van der Waals surface area contributed by atoms with Crippen LogP contribution in [0.4, 0.5) is 5.69 Å². The van der Waals surface area contributed by atoms with Crippen molar-refractivity contribution in [2.45, 2.75) is 20.3 Å². The van der Waals surface area contributed by atoms with Crippen LogP contribution in [0.3, 0.4) is 0 Å². The molecule has 0 radical (unpaired) electrons. The Bertz CT molecular complexity index is 605. The van der Waals surface area contributed by atoms with Crippen molar-refractivity contribution in [3.63, 3.8) is 0 Å². The van der Waals surface area contributed by atoms with E-state index >= 15 is 0 Å². The number of rotatable bonds is 4. The summed E-state index contributed by atoms with van der Waals surface area (Å²) in [5.41, 5.74) is 8.01. The van der Waals surface area contributed by atoms with Gasteiger partial charge in [-0.15, -0.1) is 0 Å². The first-order valence-electron chi connectivity index (χ1n) is 6.27. The van der Waals surface area contributed by atoms with Crippen LogP contribution in [0.5, 0.6) is 11.5 Å². The summed E-state index contributed by atoms with van der Waals surface area (Å²) in [7, 11) is 0. The molecule has 0 aromatic heterocycles. The number of ketones is 1. The van der Waals surface area contributed by atoms with Gasteiger partial charge in [-0.25, -0.2) is 0 Å². The van der Waals surface area contributed by atoms with Gasteiger partial charge in [0.15, 0.2) is 5.78 Å². The maximum absolute atomic E-state index is 11.3. The van der Waals surface area contributed by atoms with E-state index in [1.807, 2.05) is 18.2 Å². The summed E-state index contributed by atoms with van der Waals surface area (Å²) in [5.74, 6) is 1.36. The Morgan fingerprint density at radius 1 is 1.16 bits per heavy atom. The van der Waals surface area contributed by atoms with Crippen LogP contribution in [-0.2, 0) is 6.42 Å². The first-order valence-corrected chi connectivity index (χ1v) is 6.27. The van der Waals surface area contributed by atoms with Crippen LogP contribution in [0.2, 0.25) is 0 Å². The van der Waals surface area contributed by atoms with Crippen LogP contribution >= 0.6 is 0 Å². The second kappa shape index (κ2) is 5.57. The number of aryl methyl sites for hydroxylation is 1. The highest BCUT2D eigenvalue weighted by molar-refractivity contribution is 5.99. The van der Waals surface area contributed by atoms with Gasteiger partial charge in [-0.2, -0.15) is 0 Å². The third-order valence-electron chi connectivity index (χ3n) is 2.94. The highest BCUT2D eigenvalue weighted by atomic mass is 16.5. The summed E-state index contributed by atoms with van der Waals surface area (Å²) >= 11 is 0. The fraction of sp³-hybridized carbons (Fsp3) is 0.188. The van der Waals surface area contributed by atoms with Gasteiger partial charge >= 0.3 is 0 Å². The van der Waals surface area contributed by atoms with Crippen molar-refractivity contribution in [3.05, 3.63) is 53.6 Å². The number of hydrogen-bond acceptors (Lipinski definition) is 3. The smallest absolute Gasteiger partial charge is 0.161 e. The van der Waals surface area contributed by atoms with Crippen LogP contribution in [0.25, 0.3) is 0 Å². The number of nitrogens with two attached hydrogens (primary N) is 1. The minimum Gasteiger partial charge on any atom is -0.457 e. The van der Waals surface area contributed by atoms with Crippen LogP contribution in [-0.4, -0.2) is 5.78 Å². The second-order valence-electron chi connectivity index (χ2n) is 4.41. The molecule has 0 unspecified atom stereocenters. The van der Waals surface area contributed by atoms with Crippen LogP contribution < -0.4 is 10.5 Å². The Labute approximate surface area is 113 Å². The molecule has 0 fully saturated rings. The van der Waals surface area contributed by atoms with Crippen LogP contribution in [0, 0.1) is 0 Å². The zero-order valence-electron chi connectivity index (χ0n) is 11.1. The van der Waals surface area contributed by atoms with Crippen LogP contribution in [0.1, 0.15) is 29.8 Å². The number of carbonyl (C=O) groups is 1. The third kappa shape index (κ3) is 3.13. The molecule has 2 rings (SSSR count). The van der Waals surface area contributed by atoms with Gasteiger partial charge in [0, 0.05) is 17.3 Å². The van der Waals surface area contributed by atoms with E-state index in [1.165, 1.54) is 12.5 Å². The second-order valence-corrected chi connectivity index (χ2v) is 4.41. The van der Waals surface area contributed by atoms with Crippen molar-refractivity contribution in [1.29, 1.82) is 0 Å². The number of Topliss-reactive ketones (excluding diaryl/α,β-unsaturated/α-hetero) is 1. The van der Waals surface area contributed by atoms with Gasteiger partial charge in [0.2, 0.25) is 0 Å². The zero-order chi connectivity index (χ0) is 13.8. The molecule has 19 heavy (non-hydrogen) atoms. The lowest BCUT2D eigenvalue weighted by molar-refractivity contribution is 0.101. The number of hydrogen-bond donors (Lipinski definition) is 1. The molecule has 3 nitrogen and oxygen atoms in total. The molecule has 0 aliphatic heterocycles. The molecule has 0 saturated heterocycles. The monoisotopic (exact) mass is 255 g/mol. The predicted molar refractivity (Wildman–Crippen MR) is 76.8 cm³/mol. The Kier molecular flexibility index (Phi) is 3.85. The van der Waals surface area contributed by atoms with E-state index in [4.69, 9.17) is 10.5 Å². The lowest BCUT2D eigenvalue weighted by Crippen LogP contribution is -1.99. The van der Waals surface area contributed by atoms with E-state index in [1.54, 1.807) is 18.2 Å². The molecule has 2 aromatic carbocycles. The molecule has 0 aliphatic carbocycles. The van der Waals surface area contributed by atoms with E-state index in [0.29, 0.717) is 17.0 Å². The number of anilines is 1. The normalized spacial score (nSPS) is 10.2. The summed E-state index contributed by atoms with van der Waals surface area (Å²) in [4.78, 5) is 11.3. The molecule has 2 N–H and O–H groups in total. The van der Waals surface area contributed by atoms with E-state index in [-0.39, 0.29) is 5.78 Å². The number of nitrogen functional groups attached to an aromatic ring is 1. The summed E-state index contributed by atoms with van der Waals surface area (Å²) in [6.45, 7) is 3.59. The number of ether oxygens (including phenoxy) is 1. The van der Waals surface area contributed by atoms with E-state index in [2.05, 4.69) is 13.0 Å². The minimum atomic E-state index is -0.0444. The number of benzene rings is 2. The SMILES string of the molecule is CCc1cccc(Oc2ccc(C(C)=O)c(N)c2)c1. The molecule has 0 atom stereocenters. The topological polar surface area (TPSA) is 52.3 Å². The van der Waals surface area contributed by atoms with Crippen molar-refractivity contribution in [2.24, 2.45) is 0 Å². The molecule has 98 valence electrons. The third-order valence-corrected chi connectivity index (χ3v) is 2.94. The Morgan fingerprint density at radius 3 is 2.53 bits per heavy atom. The first-order chi connectivity index (χ1) is 9.10. The van der Waals surface area contributed by atoms with Gasteiger partial charge in [0.25, 0.3) is 0 Å². The predicted octanol–water partition coefficient (Wildman–Crippen LogP) is 3.83. The molecule has 0 aliphatic rings. The summed E-state index contributed by atoms with van der Waals surface area (Å²) in [5, 5.41) is 0. The molecular formula is C16H17NO2. The van der Waals surface area contributed by atoms with E-state index < -0.39 is 0 Å². The van der Waals surface area contributed by atoms with Gasteiger partial charge in [-0.1, -0.05) is 19.1 Å². The maximum atomic E-state index is 11.3. The lowest BCUT2D eigenvalue weighted by Gasteiger charge is -2.09. The fourth-order valence-electron chi connectivity index (χ4n) is 1.89. The van der Waals surface area contributed by atoms with E-state index in [9.17, 15) is 4.79 Å². The fourth-order valence-corrected chi connectivity index (χ4v) is 1.89. The standard InChI is InChI=1S/C16H17NO2/c1-3-12-5-4-6-13(9-12)19-14-7-8-15(11(2)18)16(17)10-14/h4-10H,3,17H2,1-2H3. The molecule has 0 amide bonds. The summed E-state index contributed by atoms with van der Waals surface area (Å²) < 4.78 is 5.75. The summed E-state index contributed by atoms with van der Waals surface area (Å²) in [6.07, 6.45) is 0.961. The highest BCUT2D eigenvalue weighted by Crippen LogP contribution is 2.26. The maximum Gasteiger partial charge on any atom is 0.161 e. The molecule has 3 heteroatoms. The van der Waals surface area contributed by atoms with Crippen molar-refractivity contribution in [1.82, 2.24) is 0 Å². The number of carbonyl (C=O) groups excluding carboxylic acids is 1. The first kappa shape index (κ1) is 13.1. The molecular weight excluding hydrogens is 238 g/mol. The average Bonchev–Trinajstić information content (AvgIpc) is 2.38. The van der Waals surface area contributed by atoms with Gasteiger partial charge in [-0.3, -0.25) is 4.79 Å². The van der Waals surface area contributed by atoms with Crippen LogP contribution in [0.15, 0.2) is 42.5 Å². The Hall–Kier alpha value is -2.29. The van der Waals surface area contributed by atoms with E-state index in [0.717, 1.165) is 12.2 Å². The minimum absolute atomic E-state index is 0.0444. The molecule has 0 bridgehead atoms. The molecule has 2 aromatic rings. The van der Waals surface area contributed by atoms with Crippen molar-refractivity contribution < 1.29 is 9.53 Å². The largest absolute Gasteiger partial charge is 0.457 e. The molecule has 0 heterocycles. The van der Waals surface area contributed by atoms with Crippen molar-refractivity contribution in [2.75, 3.05) is 5.73 Å². The highest BCUT2D eigenvalue weighted by Gasteiger charge is 2.06. The average molecular weight is 255 g/mol. The van der Waals surface area contributed by atoms with Crippen molar-refractivity contribution in [3.8, 4) is 11.5 Å². The summed E-state index contributed by atoms with van der Waals surface area (Å²) in [6, 6.07) is 13.0. The molecule has 0 spiro atoms. The quantitative estimate of drug-likeness (QED) is 0.667. The van der Waals surface area contributed by atoms with Gasteiger partial charge < -0.3 is 10.5 Å². The van der Waals surface area contributed by atoms with Gasteiger partial charge in [0.1, 0.15) is 11.5 Å².